The van der Waals surface area contributed by atoms with E-state index in [0.717, 1.165) is 5.56 Å². The molecule has 0 aliphatic carbocycles. The SMILES string of the molecule is COC(=O)c1cc(C)ccc1NC(C)C(C)(C)O. The highest BCUT2D eigenvalue weighted by Gasteiger charge is 2.23. The molecule has 1 aromatic carbocycles. The summed E-state index contributed by atoms with van der Waals surface area (Å²) in [5.74, 6) is -0.385. The first-order valence-corrected chi connectivity index (χ1v) is 5.93. The van der Waals surface area contributed by atoms with Crippen LogP contribution < -0.4 is 5.32 Å². The minimum atomic E-state index is -0.877. The lowest BCUT2D eigenvalue weighted by atomic mass is 9.99. The maximum absolute atomic E-state index is 11.7. The van der Waals surface area contributed by atoms with E-state index in [0.29, 0.717) is 11.3 Å². The lowest BCUT2D eigenvalue weighted by molar-refractivity contribution is 0.0593. The molecule has 1 atom stereocenters. The molecule has 1 unspecified atom stereocenters. The van der Waals surface area contributed by atoms with Gasteiger partial charge in [-0.25, -0.2) is 4.79 Å². The molecule has 0 aliphatic rings. The van der Waals surface area contributed by atoms with Crippen molar-refractivity contribution in [1.29, 1.82) is 0 Å². The van der Waals surface area contributed by atoms with Crippen LogP contribution in [-0.4, -0.2) is 29.8 Å². The lowest BCUT2D eigenvalue weighted by Crippen LogP contribution is -2.39. The van der Waals surface area contributed by atoms with Gasteiger partial charge >= 0.3 is 5.97 Å². The molecule has 0 amide bonds. The molecule has 1 rings (SSSR count). The third-order valence-electron chi connectivity index (χ3n) is 3.01. The number of carbonyl (C=O) groups is 1. The normalized spacial score (nSPS) is 13.0. The number of rotatable bonds is 4. The average Bonchev–Trinajstić information content (AvgIpc) is 2.29. The smallest absolute Gasteiger partial charge is 0.339 e. The van der Waals surface area contributed by atoms with Crippen molar-refractivity contribution in [2.24, 2.45) is 0 Å². The summed E-state index contributed by atoms with van der Waals surface area (Å²) in [5.41, 5.74) is 1.26. The fourth-order valence-corrected chi connectivity index (χ4v) is 1.47. The van der Waals surface area contributed by atoms with E-state index >= 15 is 0 Å². The molecule has 2 N–H and O–H groups in total. The zero-order valence-corrected chi connectivity index (χ0v) is 11.6. The zero-order chi connectivity index (χ0) is 13.9. The van der Waals surface area contributed by atoms with Gasteiger partial charge in [0.05, 0.1) is 24.3 Å². The Morgan fingerprint density at radius 1 is 1.44 bits per heavy atom. The molecule has 0 aliphatic heterocycles. The van der Waals surface area contributed by atoms with Gasteiger partial charge in [0.1, 0.15) is 0 Å². The molecule has 0 saturated heterocycles. The van der Waals surface area contributed by atoms with E-state index in [1.807, 2.05) is 26.0 Å². The maximum atomic E-state index is 11.7. The van der Waals surface area contributed by atoms with Crippen LogP contribution in [0.3, 0.4) is 0 Å². The van der Waals surface area contributed by atoms with E-state index in [1.54, 1.807) is 19.9 Å². The van der Waals surface area contributed by atoms with E-state index < -0.39 is 5.60 Å². The van der Waals surface area contributed by atoms with Crippen molar-refractivity contribution in [3.05, 3.63) is 29.3 Å². The van der Waals surface area contributed by atoms with Crippen molar-refractivity contribution in [3.63, 3.8) is 0 Å². The second-order valence-electron chi connectivity index (χ2n) is 5.06. The Bertz CT molecular complexity index is 435. The number of ether oxygens (including phenoxy) is 1. The van der Waals surface area contributed by atoms with Gasteiger partial charge in [-0.3, -0.25) is 0 Å². The number of esters is 1. The van der Waals surface area contributed by atoms with Crippen LogP contribution in [0.2, 0.25) is 0 Å². The Kier molecular flexibility index (Phi) is 4.35. The number of hydrogen-bond acceptors (Lipinski definition) is 4. The van der Waals surface area contributed by atoms with Gasteiger partial charge in [-0.05, 0) is 39.8 Å². The van der Waals surface area contributed by atoms with E-state index in [-0.39, 0.29) is 12.0 Å². The van der Waals surface area contributed by atoms with Crippen molar-refractivity contribution in [1.82, 2.24) is 0 Å². The highest BCUT2D eigenvalue weighted by molar-refractivity contribution is 5.95. The van der Waals surface area contributed by atoms with Crippen LogP contribution in [0, 0.1) is 6.92 Å². The third-order valence-corrected chi connectivity index (χ3v) is 3.01. The number of methoxy groups -OCH3 is 1. The van der Waals surface area contributed by atoms with Gasteiger partial charge in [0.15, 0.2) is 0 Å². The Labute approximate surface area is 108 Å². The number of aryl methyl sites for hydroxylation is 1. The number of anilines is 1. The number of aliphatic hydroxyl groups is 1. The summed E-state index contributed by atoms with van der Waals surface area (Å²) >= 11 is 0. The first-order valence-electron chi connectivity index (χ1n) is 5.93. The molecule has 1 aromatic rings. The topological polar surface area (TPSA) is 58.6 Å². The van der Waals surface area contributed by atoms with Gasteiger partial charge in [0.25, 0.3) is 0 Å². The highest BCUT2D eigenvalue weighted by atomic mass is 16.5. The molecule has 0 radical (unpaired) electrons. The summed E-state index contributed by atoms with van der Waals surface area (Å²) in [6.07, 6.45) is 0. The van der Waals surface area contributed by atoms with E-state index in [9.17, 15) is 9.90 Å². The molecular formula is C14H21NO3. The third kappa shape index (κ3) is 3.47. The summed E-state index contributed by atoms with van der Waals surface area (Å²) < 4.78 is 4.76. The molecule has 4 nitrogen and oxygen atoms in total. The number of hydrogen-bond donors (Lipinski definition) is 2. The van der Waals surface area contributed by atoms with Gasteiger partial charge in [-0.15, -0.1) is 0 Å². The maximum Gasteiger partial charge on any atom is 0.339 e. The van der Waals surface area contributed by atoms with Crippen LogP contribution >= 0.6 is 0 Å². The molecule has 18 heavy (non-hydrogen) atoms. The Balaban J connectivity index is 3.05. The predicted molar refractivity (Wildman–Crippen MR) is 71.9 cm³/mol. The number of nitrogens with one attached hydrogen (secondary N) is 1. The van der Waals surface area contributed by atoms with Gasteiger partial charge in [-0.2, -0.15) is 0 Å². The lowest BCUT2D eigenvalue weighted by Gasteiger charge is -2.28. The fraction of sp³-hybridized carbons (Fsp3) is 0.500. The summed E-state index contributed by atoms with van der Waals surface area (Å²) in [4.78, 5) is 11.7. The van der Waals surface area contributed by atoms with Gasteiger partial charge < -0.3 is 15.2 Å². The summed E-state index contributed by atoms with van der Waals surface area (Å²) in [6.45, 7) is 7.21. The van der Waals surface area contributed by atoms with Crippen LogP contribution in [0.15, 0.2) is 18.2 Å². The molecule has 100 valence electrons. The minimum absolute atomic E-state index is 0.191. The van der Waals surface area contributed by atoms with Crippen LogP contribution in [0.5, 0.6) is 0 Å². The Morgan fingerprint density at radius 3 is 2.56 bits per heavy atom. The second kappa shape index (κ2) is 5.40. The molecule has 0 heterocycles. The largest absolute Gasteiger partial charge is 0.465 e. The molecule has 0 fully saturated rings. The zero-order valence-electron chi connectivity index (χ0n) is 11.6. The Morgan fingerprint density at radius 2 is 2.06 bits per heavy atom. The van der Waals surface area contributed by atoms with E-state index in [4.69, 9.17) is 4.74 Å². The predicted octanol–water partition coefficient (Wildman–Crippen LogP) is 2.35. The first-order chi connectivity index (χ1) is 8.25. The van der Waals surface area contributed by atoms with Crippen molar-refractivity contribution < 1.29 is 14.6 Å². The quantitative estimate of drug-likeness (QED) is 0.806. The second-order valence-corrected chi connectivity index (χ2v) is 5.06. The molecule has 0 saturated carbocycles. The summed E-state index contributed by atoms with van der Waals surface area (Å²) in [5, 5.41) is 13.1. The van der Waals surface area contributed by atoms with Crippen molar-refractivity contribution in [3.8, 4) is 0 Å². The van der Waals surface area contributed by atoms with Gasteiger partial charge in [0.2, 0.25) is 0 Å². The minimum Gasteiger partial charge on any atom is -0.465 e. The number of carbonyl (C=O) groups excluding carboxylic acids is 1. The van der Waals surface area contributed by atoms with Gasteiger partial charge in [-0.1, -0.05) is 11.6 Å². The summed E-state index contributed by atoms with van der Waals surface area (Å²) in [7, 11) is 1.36. The van der Waals surface area contributed by atoms with E-state index in [1.165, 1.54) is 7.11 Å². The Hall–Kier alpha value is -1.55. The standard InChI is InChI=1S/C14H21NO3/c1-9-6-7-12(11(8-9)13(16)18-5)15-10(2)14(3,4)17/h6-8,10,15,17H,1-5H3. The van der Waals surface area contributed by atoms with Crippen LogP contribution in [0.1, 0.15) is 36.7 Å². The highest BCUT2D eigenvalue weighted by Crippen LogP contribution is 2.22. The molecule has 0 bridgehead atoms. The molecular weight excluding hydrogens is 230 g/mol. The monoisotopic (exact) mass is 251 g/mol. The fourth-order valence-electron chi connectivity index (χ4n) is 1.47. The molecule has 4 heteroatoms. The van der Waals surface area contributed by atoms with Crippen molar-refractivity contribution in [2.45, 2.75) is 39.3 Å². The van der Waals surface area contributed by atoms with Crippen molar-refractivity contribution in [2.75, 3.05) is 12.4 Å². The van der Waals surface area contributed by atoms with Crippen LogP contribution in [0.4, 0.5) is 5.69 Å². The van der Waals surface area contributed by atoms with Gasteiger partial charge in [0, 0.05) is 5.69 Å². The van der Waals surface area contributed by atoms with Crippen molar-refractivity contribution >= 4 is 11.7 Å². The average molecular weight is 251 g/mol. The first kappa shape index (κ1) is 14.5. The summed E-state index contributed by atoms with van der Waals surface area (Å²) in [6, 6.07) is 5.31. The molecule has 0 spiro atoms. The van der Waals surface area contributed by atoms with Crippen LogP contribution in [-0.2, 0) is 4.74 Å². The van der Waals surface area contributed by atoms with Crippen LogP contribution in [0.25, 0.3) is 0 Å². The van der Waals surface area contributed by atoms with E-state index in [2.05, 4.69) is 5.32 Å². The molecule has 0 aromatic heterocycles. The number of benzene rings is 1.